The molecule has 1 fully saturated rings. The van der Waals surface area contributed by atoms with Crippen LogP contribution in [0.5, 0.6) is 0 Å². The first-order valence-corrected chi connectivity index (χ1v) is 8.44. The molecule has 0 spiro atoms. The second-order valence-corrected chi connectivity index (χ2v) is 7.55. The van der Waals surface area contributed by atoms with Crippen molar-refractivity contribution < 1.29 is 13.2 Å². The fourth-order valence-electron chi connectivity index (χ4n) is 2.43. The zero-order valence-electron chi connectivity index (χ0n) is 11.3. The van der Waals surface area contributed by atoms with Gasteiger partial charge in [-0.25, -0.2) is 8.42 Å². The summed E-state index contributed by atoms with van der Waals surface area (Å²) in [7, 11) is 0.238. The first-order valence-electron chi connectivity index (χ1n) is 6.24. The summed E-state index contributed by atoms with van der Waals surface area (Å²) in [5, 5.41) is 3.53. The van der Waals surface area contributed by atoms with Crippen molar-refractivity contribution in [2.24, 2.45) is 0 Å². The highest BCUT2D eigenvalue weighted by molar-refractivity contribution is 7.91. The van der Waals surface area contributed by atoms with Gasteiger partial charge < -0.3 is 10.2 Å². The molecule has 7 heteroatoms. The predicted octanol–water partition coefficient (Wildman–Crippen LogP) is 0.797. The van der Waals surface area contributed by atoms with E-state index in [0.717, 1.165) is 0 Å². The maximum absolute atomic E-state index is 12.4. The molecule has 5 nitrogen and oxygen atoms in total. The molecule has 2 atom stereocenters. The van der Waals surface area contributed by atoms with E-state index in [1.807, 2.05) is 0 Å². The van der Waals surface area contributed by atoms with Crippen LogP contribution in [0.1, 0.15) is 10.4 Å². The van der Waals surface area contributed by atoms with Gasteiger partial charge in [-0.05, 0) is 31.3 Å². The fourth-order valence-corrected chi connectivity index (χ4v) is 4.61. The van der Waals surface area contributed by atoms with Gasteiger partial charge in [0.15, 0.2) is 9.84 Å². The number of hydrogen-bond acceptors (Lipinski definition) is 4. The summed E-state index contributed by atoms with van der Waals surface area (Å²) in [6.07, 6.45) is 0. The zero-order valence-corrected chi connectivity index (χ0v) is 12.9. The molecule has 0 aliphatic carbocycles. The van der Waals surface area contributed by atoms with E-state index >= 15 is 0 Å². The second-order valence-electron chi connectivity index (χ2n) is 4.96. The van der Waals surface area contributed by atoms with Crippen LogP contribution in [0.15, 0.2) is 24.3 Å². The first kappa shape index (κ1) is 15.3. The van der Waals surface area contributed by atoms with Gasteiger partial charge in [-0.15, -0.1) is 0 Å². The van der Waals surface area contributed by atoms with Gasteiger partial charge in [0, 0.05) is 23.7 Å². The Labute approximate surface area is 123 Å². The lowest BCUT2D eigenvalue weighted by Crippen LogP contribution is -2.49. The average Bonchev–Trinajstić information content (AvgIpc) is 2.73. The van der Waals surface area contributed by atoms with E-state index in [9.17, 15) is 13.2 Å². The Balaban J connectivity index is 2.20. The number of carbonyl (C=O) groups is 1. The van der Waals surface area contributed by atoms with Crippen molar-refractivity contribution in [3.8, 4) is 0 Å². The SMILES string of the molecule is CN[C@@H]1CS(=O)(=O)C[C@H]1N(C)C(=O)c1ccc(Cl)cc1. The molecular formula is C13H17ClN2O3S. The van der Waals surface area contributed by atoms with E-state index in [-0.39, 0.29) is 29.5 Å². The monoisotopic (exact) mass is 316 g/mol. The van der Waals surface area contributed by atoms with Gasteiger partial charge >= 0.3 is 0 Å². The second kappa shape index (κ2) is 5.71. The van der Waals surface area contributed by atoms with Crippen molar-refractivity contribution in [2.45, 2.75) is 12.1 Å². The third kappa shape index (κ3) is 3.13. The maximum Gasteiger partial charge on any atom is 0.253 e. The van der Waals surface area contributed by atoms with Gasteiger partial charge in [-0.3, -0.25) is 4.79 Å². The van der Waals surface area contributed by atoms with E-state index < -0.39 is 9.84 Å². The molecule has 1 aromatic rings. The van der Waals surface area contributed by atoms with Crippen molar-refractivity contribution in [2.75, 3.05) is 25.6 Å². The van der Waals surface area contributed by atoms with Crippen molar-refractivity contribution in [1.82, 2.24) is 10.2 Å². The van der Waals surface area contributed by atoms with Gasteiger partial charge in [0.25, 0.3) is 5.91 Å². The molecular weight excluding hydrogens is 300 g/mol. The average molecular weight is 317 g/mol. The lowest BCUT2D eigenvalue weighted by Gasteiger charge is -2.28. The Bertz CT molecular complexity index is 601. The van der Waals surface area contributed by atoms with Crippen LogP contribution >= 0.6 is 11.6 Å². The molecule has 110 valence electrons. The maximum atomic E-state index is 12.4. The number of nitrogens with zero attached hydrogens (tertiary/aromatic N) is 1. The van der Waals surface area contributed by atoms with Crippen LogP contribution in [0.4, 0.5) is 0 Å². The van der Waals surface area contributed by atoms with Gasteiger partial charge in [0.2, 0.25) is 0 Å². The van der Waals surface area contributed by atoms with Crippen LogP contribution in [0.25, 0.3) is 0 Å². The third-order valence-corrected chi connectivity index (χ3v) is 5.57. The Morgan fingerprint density at radius 2 is 1.90 bits per heavy atom. The lowest BCUT2D eigenvalue weighted by molar-refractivity contribution is 0.0729. The molecule has 1 heterocycles. The Hall–Kier alpha value is -1.11. The Morgan fingerprint density at radius 1 is 1.30 bits per heavy atom. The predicted molar refractivity (Wildman–Crippen MR) is 78.8 cm³/mol. The molecule has 0 aromatic heterocycles. The van der Waals surface area contributed by atoms with Crippen LogP contribution in [0, 0.1) is 0 Å². The Morgan fingerprint density at radius 3 is 2.45 bits per heavy atom. The largest absolute Gasteiger partial charge is 0.336 e. The van der Waals surface area contributed by atoms with Crippen molar-refractivity contribution in [3.63, 3.8) is 0 Å². The number of nitrogens with one attached hydrogen (secondary N) is 1. The molecule has 0 saturated carbocycles. The quantitative estimate of drug-likeness (QED) is 0.895. The molecule has 1 amide bonds. The van der Waals surface area contributed by atoms with Crippen molar-refractivity contribution in [1.29, 1.82) is 0 Å². The highest BCUT2D eigenvalue weighted by Crippen LogP contribution is 2.20. The van der Waals surface area contributed by atoms with Crippen LogP contribution in [-0.4, -0.2) is 56.9 Å². The van der Waals surface area contributed by atoms with Crippen molar-refractivity contribution >= 4 is 27.3 Å². The summed E-state index contributed by atoms with van der Waals surface area (Å²) in [5.74, 6) is -0.148. The van der Waals surface area contributed by atoms with E-state index in [2.05, 4.69) is 5.32 Å². The molecule has 1 saturated heterocycles. The van der Waals surface area contributed by atoms with Crippen LogP contribution < -0.4 is 5.32 Å². The highest BCUT2D eigenvalue weighted by atomic mass is 35.5. The summed E-state index contributed by atoms with van der Waals surface area (Å²) >= 11 is 5.79. The van der Waals surface area contributed by atoms with E-state index in [4.69, 9.17) is 11.6 Å². The smallest absolute Gasteiger partial charge is 0.253 e. The molecule has 1 aliphatic rings. The van der Waals surface area contributed by atoms with E-state index in [0.29, 0.717) is 10.6 Å². The number of hydrogen-bond donors (Lipinski definition) is 1. The molecule has 0 unspecified atom stereocenters. The number of halogens is 1. The minimum absolute atomic E-state index is 0.00562. The number of rotatable bonds is 3. The molecule has 1 N–H and O–H groups in total. The van der Waals surface area contributed by atoms with Gasteiger partial charge in [0.1, 0.15) is 0 Å². The van der Waals surface area contributed by atoms with Crippen LogP contribution in [0.2, 0.25) is 5.02 Å². The molecule has 1 aromatic carbocycles. The minimum Gasteiger partial charge on any atom is -0.336 e. The number of amides is 1. The number of sulfone groups is 1. The topological polar surface area (TPSA) is 66.5 Å². The molecule has 2 rings (SSSR count). The van der Waals surface area contributed by atoms with E-state index in [1.165, 1.54) is 4.90 Å². The van der Waals surface area contributed by atoms with Gasteiger partial charge in [-0.1, -0.05) is 11.6 Å². The standard InChI is InChI=1S/C13H17ClN2O3S/c1-15-11-7-20(18,19)8-12(11)16(2)13(17)9-3-5-10(14)6-4-9/h3-6,11-12,15H,7-8H2,1-2H3/t11-,12-/m1/s1. The zero-order chi connectivity index (χ0) is 14.9. The Kier molecular flexibility index (Phi) is 4.36. The normalized spacial score (nSPS) is 24.6. The number of likely N-dealkylation sites (N-methyl/N-ethyl adjacent to an activating group) is 2. The first-order chi connectivity index (χ1) is 9.34. The van der Waals surface area contributed by atoms with Gasteiger partial charge in [0.05, 0.1) is 17.5 Å². The van der Waals surface area contributed by atoms with Crippen molar-refractivity contribution in [3.05, 3.63) is 34.9 Å². The summed E-state index contributed by atoms with van der Waals surface area (Å²) < 4.78 is 23.4. The van der Waals surface area contributed by atoms with E-state index in [1.54, 1.807) is 38.4 Å². The summed E-state index contributed by atoms with van der Waals surface area (Å²) in [6, 6.07) is 5.97. The third-order valence-electron chi connectivity index (χ3n) is 3.60. The summed E-state index contributed by atoms with van der Waals surface area (Å²) in [6.45, 7) is 0. The number of benzene rings is 1. The fraction of sp³-hybridized carbons (Fsp3) is 0.462. The molecule has 1 aliphatic heterocycles. The number of carbonyl (C=O) groups excluding carboxylic acids is 1. The summed E-state index contributed by atoms with van der Waals surface area (Å²) in [4.78, 5) is 13.9. The molecule has 0 radical (unpaired) electrons. The molecule has 20 heavy (non-hydrogen) atoms. The highest BCUT2D eigenvalue weighted by Gasteiger charge is 2.40. The lowest BCUT2D eigenvalue weighted by atomic mass is 10.1. The minimum atomic E-state index is -3.10. The molecule has 0 bridgehead atoms. The summed E-state index contributed by atoms with van der Waals surface area (Å²) in [5.41, 5.74) is 0.496. The van der Waals surface area contributed by atoms with Gasteiger partial charge in [-0.2, -0.15) is 0 Å². The van der Waals surface area contributed by atoms with Crippen LogP contribution in [-0.2, 0) is 9.84 Å². The van der Waals surface area contributed by atoms with Crippen LogP contribution in [0.3, 0.4) is 0 Å².